The zero-order valence-electron chi connectivity index (χ0n) is 8.84. The van der Waals surface area contributed by atoms with Gasteiger partial charge in [-0.1, -0.05) is 4.98 Å². The second kappa shape index (κ2) is 2.53. The van der Waals surface area contributed by atoms with Gasteiger partial charge in [-0.05, 0) is 0 Å². The zero-order valence-corrected chi connectivity index (χ0v) is 8.84. The topological polar surface area (TPSA) is 50.2 Å². The third kappa shape index (κ3) is 0.930. The highest BCUT2D eigenvalue weighted by Gasteiger charge is 2.26. The maximum atomic E-state index is 4.37. The number of anilines is 1. The van der Waals surface area contributed by atoms with E-state index in [4.69, 9.17) is 0 Å². The smallest absolute Gasteiger partial charge is 0.245 e. The summed E-state index contributed by atoms with van der Waals surface area (Å²) < 4.78 is 3.98. The monoisotopic (exact) mass is 203 g/mol. The molecule has 0 atom stereocenters. The Morgan fingerprint density at radius 1 is 1.33 bits per heavy atom. The van der Waals surface area contributed by atoms with Crippen molar-refractivity contribution in [3.63, 3.8) is 0 Å². The van der Waals surface area contributed by atoms with E-state index in [1.807, 2.05) is 36.5 Å². The summed E-state index contributed by atoms with van der Waals surface area (Å²) in [6.45, 7) is 1.96. The van der Waals surface area contributed by atoms with Crippen molar-refractivity contribution in [3.05, 3.63) is 12.7 Å². The molecular formula is C9H11N6+. The number of aromatic nitrogens is 4. The molecule has 0 spiro atoms. The molecule has 0 N–H and O–H groups in total. The van der Waals surface area contributed by atoms with Gasteiger partial charge in [-0.2, -0.15) is 4.98 Å². The predicted octanol–water partition coefficient (Wildman–Crippen LogP) is -0.113. The molecule has 0 unspecified atom stereocenters. The second-order valence-electron chi connectivity index (χ2n) is 3.64. The Balaban J connectivity index is 2.52. The Morgan fingerprint density at radius 2 is 2.13 bits per heavy atom. The minimum absolute atomic E-state index is 0.839. The highest BCUT2D eigenvalue weighted by Crippen LogP contribution is 2.23. The van der Waals surface area contributed by atoms with Crippen molar-refractivity contribution >= 4 is 22.8 Å². The maximum Gasteiger partial charge on any atom is 0.307 e. The normalized spacial score (nSPS) is 14.6. The van der Waals surface area contributed by atoms with Crippen LogP contribution in [0.5, 0.6) is 0 Å². The summed E-state index contributed by atoms with van der Waals surface area (Å²) in [4.78, 5) is 8.50. The average Bonchev–Trinajstić information content (AvgIpc) is 2.55. The molecule has 1 aliphatic rings. The lowest BCUT2D eigenvalue weighted by Crippen LogP contribution is -2.26. The van der Waals surface area contributed by atoms with Gasteiger partial charge < -0.3 is 0 Å². The number of hydrogen-bond donors (Lipinski definition) is 0. The van der Waals surface area contributed by atoms with Gasteiger partial charge in [-0.15, -0.1) is 5.10 Å². The first-order chi connectivity index (χ1) is 7.18. The molecule has 2 aromatic heterocycles. The summed E-state index contributed by atoms with van der Waals surface area (Å²) in [6.07, 6.45) is 3.53. The summed E-state index contributed by atoms with van der Waals surface area (Å²) in [5.74, 6) is 1.76. The molecular weight excluding hydrogens is 192 g/mol. The van der Waals surface area contributed by atoms with Gasteiger partial charge in [0.25, 0.3) is 0 Å². The highest BCUT2D eigenvalue weighted by molar-refractivity contribution is 5.97. The molecule has 0 radical (unpaired) electrons. The molecule has 76 valence electrons. The Labute approximate surface area is 86.5 Å². The summed E-state index contributed by atoms with van der Waals surface area (Å²) >= 11 is 0. The minimum atomic E-state index is 0.839. The zero-order chi connectivity index (χ0) is 10.6. The number of imidazole rings is 1. The fourth-order valence-corrected chi connectivity index (χ4v) is 1.91. The fourth-order valence-electron chi connectivity index (χ4n) is 1.91. The number of hydrazone groups is 1. The Morgan fingerprint density at radius 3 is 2.93 bits per heavy atom. The Hall–Kier alpha value is -1.98. The quantitative estimate of drug-likeness (QED) is 0.561. The van der Waals surface area contributed by atoms with Crippen molar-refractivity contribution in [2.45, 2.75) is 6.92 Å². The lowest BCUT2D eigenvalue weighted by atomic mass is 10.4. The van der Waals surface area contributed by atoms with Gasteiger partial charge in [0.05, 0.1) is 7.05 Å². The van der Waals surface area contributed by atoms with Crippen molar-refractivity contribution in [2.24, 2.45) is 12.1 Å². The molecule has 6 nitrogen and oxygen atoms in total. The van der Waals surface area contributed by atoms with E-state index in [1.54, 1.807) is 11.3 Å². The molecule has 0 amide bonds. The summed E-state index contributed by atoms with van der Waals surface area (Å²) in [5, 5.41) is 6.15. The molecule has 6 heteroatoms. The lowest BCUT2D eigenvalue weighted by molar-refractivity contribution is -0.647. The van der Waals surface area contributed by atoms with Gasteiger partial charge in [0.2, 0.25) is 5.52 Å². The van der Waals surface area contributed by atoms with E-state index < -0.39 is 0 Å². The fraction of sp³-hybridized carbons (Fsp3) is 0.333. The van der Waals surface area contributed by atoms with Crippen LogP contribution in [0.2, 0.25) is 0 Å². The standard InChI is InChI=1S/C9H11N6/c1-6-12-14(3)9-7-8(10-4-11-9)13(2)5-15(6)7/h4-5H,1-3H3/q+1. The van der Waals surface area contributed by atoms with E-state index in [1.165, 1.54) is 0 Å². The summed E-state index contributed by atoms with van der Waals surface area (Å²) in [5.41, 5.74) is 1.93. The minimum Gasteiger partial charge on any atom is -0.245 e. The van der Waals surface area contributed by atoms with Crippen LogP contribution in [0.3, 0.4) is 0 Å². The van der Waals surface area contributed by atoms with Crippen molar-refractivity contribution in [1.82, 2.24) is 14.5 Å². The van der Waals surface area contributed by atoms with E-state index in [9.17, 15) is 0 Å². The van der Waals surface area contributed by atoms with Crippen molar-refractivity contribution < 1.29 is 4.57 Å². The van der Waals surface area contributed by atoms with Crippen LogP contribution in [0.4, 0.5) is 5.82 Å². The van der Waals surface area contributed by atoms with Crippen LogP contribution in [-0.2, 0) is 7.05 Å². The second-order valence-corrected chi connectivity index (χ2v) is 3.64. The molecule has 0 bridgehead atoms. The van der Waals surface area contributed by atoms with Gasteiger partial charge in [0, 0.05) is 14.0 Å². The molecule has 0 aliphatic carbocycles. The van der Waals surface area contributed by atoms with Crippen LogP contribution in [0.25, 0.3) is 11.2 Å². The molecule has 15 heavy (non-hydrogen) atoms. The predicted molar refractivity (Wildman–Crippen MR) is 55.6 cm³/mol. The molecule has 0 fully saturated rings. The van der Waals surface area contributed by atoms with Gasteiger partial charge in [0.1, 0.15) is 0 Å². The van der Waals surface area contributed by atoms with Crippen LogP contribution in [-0.4, -0.2) is 27.4 Å². The highest BCUT2D eigenvalue weighted by atomic mass is 15.5. The largest absolute Gasteiger partial charge is 0.307 e. The molecule has 1 aliphatic heterocycles. The first-order valence-electron chi connectivity index (χ1n) is 4.69. The lowest BCUT2D eigenvalue weighted by Gasteiger charge is -2.16. The van der Waals surface area contributed by atoms with E-state index in [0.717, 1.165) is 22.8 Å². The van der Waals surface area contributed by atoms with Gasteiger partial charge in [0.15, 0.2) is 24.3 Å². The van der Waals surface area contributed by atoms with Crippen LogP contribution in [0.1, 0.15) is 6.92 Å². The van der Waals surface area contributed by atoms with Gasteiger partial charge in [-0.3, -0.25) is 0 Å². The van der Waals surface area contributed by atoms with E-state index in [0.29, 0.717) is 0 Å². The van der Waals surface area contributed by atoms with Crippen LogP contribution >= 0.6 is 0 Å². The van der Waals surface area contributed by atoms with E-state index >= 15 is 0 Å². The van der Waals surface area contributed by atoms with Crippen molar-refractivity contribution in [3.8, 4) is 0 Å². The maximum absolute atomic E-state index is 4.37. The van der Waals surface area contributed by atoms with Gasteiger partial charge >= 0.3 is 5.65 Å². The molecule has 0 aromatic carbocycles. The molecule has 0 saturated carbocycles. The summed E-state index contributed by atoms with van der Waals surface area (Å²) in [6, 6.07) is 0. The number of nitrogens with zero attached hydrogens (tertiary/aromatic N) is 6. The number of aryl methyl sites for hydroxylation is 1. The summed E-state index contributed by atoms with van der Waals surface area (Å²) in [7, 11) is 3.86. The van der Waals surface area contributed by atoms with E-state index in [-0.39, 0.29) is 0 Å². The van der Waals surface area contributed by atoms with Crippen LogP contribution in [0.15, 0.2) is 17.8 Å². The first kappa shape index (κ1) is 8.34. The first-order valence-corrected chi connectivity index (χ1v) is 4.69. The van der Waals surface area contributed by atoms with Crippen LogP contribution in [0, 0.1) is 0 Å². The molecule has 3 rings (SSSR count). The van der Waals surface area contributed by atoms with Gasteiger partial charge in [-0.25, -0.2) is 14.1 Å². The third-order valence-corrected chi connectivity index (χ3v) is 2.60. The SMILES string of the molecule is CC1=NN(C)c2ncnc3c2n1c[n+]3C. The molecule has 0 saturated heterocycles. The van der Waals surface area contributed by atoms with Crippen LogP contribution < -0.4 is 9.58 Å². The Kier molecular flexibility index (Phi) is 1.41. The van der Waals surface area contributed by atoms with Crippen molar-refractivity contribution in [2.75, 3.05) is 12.1 Å². The average molecular weight is 203 g/mol. The van der Waals surface area contributed by atoms with E-state index in [2.05, 4.69) is 15.1 Å². The number of rotatable bonds is 0. The third-order valence-electron chi connectivity index (χ3n) is 2.60. The molecule has 2 aromatic rings. The Bertz CT molecular complexity index is 582. The molecule has 3 heterocycles. The van der Waals surface area contributed by atoms with Crippen molar-refractivity contribution in [1.29, 1.82) is 0 Å². The number of hydrogen-bond acceptors (Lipinski definition) is 4.